The summed E-state index contributed by atoms with van der Waals surface area (Å²) in [6.45, 7) is 3.82. The van der Waals surface area contributed by atoms with E-state index in [1.807, 2.05) is 13.8 Å². The molecule has 0 radical (unpaired) electrons. The van der Waals surface area contributed by atoms with Crippen LogP contribution in [0.5, 0.6) is 11.5 Å². The quantitative estimate of drug-likeness (QED) is 0.871. The van der Waals surface area contributed by atoms with Gasteiger partial charge in [-0.05, 0) is 24.5 Å². The van der Waals surface area contributed by atoms with Gasteiger partial charge in [-0.25, -0.2) is 4.79 Å². The lowest BCUT2D eigenvalue weighted by Crippen LogP contribution is -2.41. The molecule has 1 aromatic carbocycles. The van der Waals surface area contributed by atoms with Crippen LogP contribution in [0.25, 0.3) is 0 Å². The Bertz CT molecular complexity index is 573. The number of nitrogens with one attached hydrogen (secondary N) is 1. The van der Waals surface area contributed by atoms with E-state index in [1.54, 1.807) is 0 Å². The van der Waals surface area contributed by atoms with Crippen molar-refractivity contribution >= 4 is 23.5 Å². The van der Waals surface area contributed by atoms with Crippen LogP contribution < -0.4 is 14.8 Å². The number of hydrogen-bond acceptors (Lipinski definition) is 4. The van der Waals surface area contributed by atoms with Gasteiger partial charge in [-0.1, -0.05) is 25.4 Å². The van der Waals surface area contributed by atoms with Crippen LogP contribution in [0.2, 0.25) is 5.02 Å². The molecule has 0 bridgehead atoms. The van der Waals surface area contributed by atoms with Gasteiger partial charge in [-0.15, -0.1) is 0 Å². The van der Waals surface area contributed by atoms with Crippen LogP contribution in [-0.4, -0.2) is 29.8 Å². The highest BCUT2D eigenvalue weighted by Crippen LogP contribution is 2.39. The fraction of sp³-hybridized carbons (Fsp3) is 0.429. The second-order valence-electron chi connectivity index (χ2n) is 5.19. The predicted octanol–water partition coefficient (Wildman–Crippen LogP) is 2.30. The van der Waals surface area contributed by atoms with Crippen LogP contribution in [0.1, 0.15) is 30.6 Å². The monoisotopic (exact) mass is 313 g/mol. The first kappa shape index (κ1) is 15.4. The van der Waals surface area contributed by atoms with E-state index >= 15 is 0 Å². The maximum absolute atomic E-state index is 12.2. The third-order valence-corrected chi connectivity index (χ3v) is 3.28. The molecule has 21 heavy (non-hydrogen) atoms. The summed E-state index contributed by atoms with van der Waals surface area (Å²) in [7, 11) is 0. The largest absolute Gasteiger partial charge is 0.480 e. The summed E-state index contributed by atoms with van der Waals surface area (Å²) in [6, 6.07) is 1.97. The first-order valence-corrected chi connectivity index (χ1v) is 6.89. The molecule has 6 nitrogen and oxygen atoms in total. The Morgan fingerprint density at radius 2 is 2.10 bits per heavy atom. The van der Waals surface area contributed by atoms with E-state index in [0.717, 1.165) is 0 Å². The van der Waals surface area contributed by atoms with Gasteiger partial charge >= 0.3 is 5.97 Å². The Labute approximate surface area is 127 Å². The fourth-order valence-electron chi connectivity index (χ4n) is 2.03. The molecule has 2 rings (SSSR count). The number of carbonyl (C=O) groups excluding carboxylic acids is 1. The molecule has 7 heteroatoms. The Morgan fingerprint density at radius 3 is 2.71 bits per heavy atom. The number of halogens is 1. The number of carboxylic acid groups (broad SMARTS) is 1. The van der Waals surface area contributed by atoms with Gasteiger partial charge in [0.25, 0.3) is 5.91 Å². The van der Waals surface area contributed by atoms with E-state index in [-0.39, 0.29) is 23.3 Å². The molecule has 0 saturated heterocycles. The van der Waals surface area contributed by atoms with Crippen molar-refractivity contribution in [3.63, 3.8) is 0 Å². The molecule has 1 amide bonds. The first-order valence-electron chi connectivity index (χ1n) is 6.51. The second-order valence-corrected chi connectivity index (χ2v) is 5.59. The summed E-state index contributed by atoms with van der Waals surface area (Å²) < 4.78 is 10.3. The van der Waals surface area contributed by atoms with Gasteiger partial charge < -0.3 is 19.9 Å². The minimum atomic E-state index is -1.07. The lowest BCUT2D eigenvalue weighted by molar-refractivity contribution is -0.139. The summed E-state index contributed by atoms with van der Waals surface area (Å²) in [5.41, 5.74) is 0.235. The molecule has 0 fully saturated rings. The molecule has 1 aromatic rings. The van der Waals surface area contributed by atoms with Crippen molar-refractivity contribution in [3.05, 3.63) is 22.7 Å². The van der Waals surface area contributed by atoms with Gasteiger partial charge in [-0.3, -0.25) is 4.79 Å². The van der Waals surface area contributed by atoms with E-state index in [2.05, 4.69) is 5.32 Å². The fourth-order valence-corrected chi connectivity index (χ4v) is 2.30. The highest BCUT2D eigenvalue weighted by atomic mass is 35.5. The zero-order valence-electron chi connectivity index (χ0n) is 11.7. The van der Waals surface area contributed by atoms with Crippen molar-refractivity contribution in [2.45, 2.75) is 26.3 Å². The third kappa shape index (κ3) is 3.58. The highest BCUT2D eigenvalue weighted by molar-refractivity contribution is 6.32. The number of ether oxygens (including phenoxy) is 2. The zero-order valence-corrected chi connectivity index (χ0v) is 12.4. The normalized spacial score (nSPS) is 14.1. The van der Waals surface area contributed by atoms with Crippen molar-refractivity contribution in [3.8, 4) is 11.5 Å². The minimum Gasteiger partial charge on any atom is -0.480 e. The molecule has 0 aromatic heterocycles. The molecule has 1 aliphatic rings. The van der Waals surface area contributed by atoms with Crippen LogP contribution in [0.3, 0.4) is 0 Å². The van der Waals surface area contributed by atoms with Crippen molar-refractivity contribution < 1.29 is 24.2 Å². The Kier molecular flexibility index (Phi) is 4.57. The molecule has 1 heterocycles. The van der Waals surface area contributed by atoms with Crippen molar-refractivity contribution in [2.24, 2.45) is 5.92 Å². The van der Waals surface area contributed by atoms with Crippen molar-refractivity contribution in [1.82, 2.24) is 5.32 Å². The second kappa shape index (κ2) is 6.22. The number of carboxylic acids is 1. The standard InChI is InChI=1S/C14H16ClNO5/c1-7(2)3-10(14(18)19)16-13(17)8-4-9(15)12-11(5-8)20-6-21-12/h4-5,7,10H,3,6H2,1-2H3,(H,16,17)(H,18,19). The van der Waals surface area contributed by atoms with Crippen LogP contribution in [0.4, 0.5) is 0 Å². The molecule has 1 aliphatic heterocycles. The number of carbonyl (C=O) groups is 2. The minimum absolute atomic E-state index is 0.0469. The number of rotatable bonds is 5. The third-order valence-electron chi connectivity index (χ3n) is 3.00. The number of amides is 1. The molecular weight excluding hydrogens is 298 g/mol. The van der Waals surface area contributed by atoms with Crippen LogP contribution in [-0.2, 0) is 4.79 Å². The van der Waals surface area contributed by atoms with Gasteiger partial charge in [0.2, 0.25) is 6.79 Å². The SMILES string of the molecule is CC(C)CC(NC(=O)c1cc(Cl)c2c(c1)OCO2)C(=O)O. The average Bonchev–Trinajstić information content (AvgIpc) is 2.85. The van der Waals surface area contributed by atoms with E-state index in [0.29, 0.717) is 17.9 Å². The Morgan fingerprint density at radius 1 is 1.38 bits per heavy atom. The molecular formula is C14H16ClNO5. The number of aliphatic carboxylic acids is 1. The lowest BCUT2D eigenvalue weighted by atomic mass is 10.0. The first-order chi connectivity index (χ1) is 9.88. The van der Waals surface area contributed by atoms with E-state index < -0.39 is 17.9 Å². The molecule has 2 N–H and O–H groups in total. The van der Waals surface area contributed by atoms with Crippen molar-refractivity contribution in [2.75, 3.05) is 6.79 Å². The van der Waals surface area contributed by atoms with Gasteiger partial charge in [-0.2, -0.15) is 0 Å². The summed E-state index contributed by atoms with van der Waals surface area (Å²) in [5.74, 6) is -0.660. The molecule has 1 atom stereocenters. The van der Waals surface area contributed by atoms with Crippen LogP contribution in [0.15, 0.2) is 12.1 Å². The van der Waals surface area contributed by atoms with Crippen molar-refractivity contribution in [1.29, 1.82) is 0 Å². The van der Waals surface area contributed by atoms with Crippen LogP contribution in [0, 0.1) is 5.92 Å². The zero-order chi connectivity index (χ0) is 15.6. The average molecular weight is 314 g/mol. The predicted molar refractivity (Wildman–Crippen MR) is 75.9 cm³/mol. The highest BCUT2D eigenvalue weighted by Gasteiger charge is 2.24. The molecule has 0 spiro atoms. The van der Waals surface area contributed by atoms with Gasteiger partial charge in [0.15, 0.2) is 11.5 Å². The molecule has 0 aliphatic carbocycles. The van der Waals surface area contributed by atoms with E-state index in [9.17, 15) is 9.59 Å². The lowest BCUT2D eigenvalue weighted by Gasteiger charge is -2.16. The van der Waals surface area contributed by atoms with Gasteiger partial charge in [0.1, 0.15) is 6.04 Å². The summed E-state index contributed by atoms with van der Waals surface area (Å²) >= 11 is 6.00. The van der Waals surface area contributed by atoms with E-state index in [4.69, 9.17) is 26.2 Å². The van der Waals surface area contributed by atoms with Gasteiger partial charge in [0.05, 0.1) is 5.02 Å². The smallest absolute Gasteiger partial charge is 0.326 e. The number of hydrogen-bond donors (Lipinski definition) is 2. The maximum atomic E-state index is 12.2. The molecule has 114 valence electrons. The summed E-state index contributed by atoms with van der Waals surface area (Å²) in [5, 5.41) is 11.9. The number of benzene rings is 1. The molecule has 1 unspecified atom stereocenters. The number of fused-ring (bicyclic) bond motifs is 1. The topological polar surface area (TPSA) is 84.9 Å². The Balaban J connectivity index is 2.16. The molecule has 0 saturated carbocycles. The summed E-state index contributed by atoms with van der Waals surface area (Å²) in [6.07, 6.45) is 0.347. The van der Waals surface area contributed by atoms with Crippen LogP contribution >= 0.6 is 11.6 Å². The van der Waals surface area contributed by atoms with Gasteiger partial charge in [0, 0.05) is 5.56 Å². The van der Waals surface area contributed by atoms with E-state index in [1.165, 1.54) is 12.1 Å². The maximum Gasteiger partial charge on any atom is 0.326 e. The summed E-state index contributed by atoms with van der Waals surface area (Å²) in [4.78, 5) is 23.3. The Hall–Kier alpha value is -1.95.